The molecule has 0 radical (unpaired) electrons. The standard InChI is InChI=1S/C12H11ClN2O2/c1-16-10-7-14-15-11(12(10)17-2)8-3-5-9(13)6-4-8/h3-7H,1-2H3. The van der Waals surface area contributed by atoms with E-state index in [0.29, 0.717) is 22.2 Å². The number of aromatic nitrogens is 2. The molecular weight excluding hydrogens is 240 g/mol. The van der Waals surface area contributed by atoms with Gasteiger partial charge in [-0.1, -0.05) is 23.7 Å². The maximum absolute atomic E-state index is 5.84. The van der Waals surface area contributed by atoms with E-state index in [1.54, 1.807) is 26.4 Å². The van der Waals surface area contributed by atoms with Gasteiger partial charge in [0, 0.05) is 10.6 Å². The van der Waals surface area contributed by atoms with Gasteiger partial charge in [-0.25, -0.2) is 0 Å². The first kappa shape index (κ1) is 11.7. The first-order valence-corrected chi connectivity index (χ1v) is 5.33. The highest BCUT2D eigenvalue weighted by molar-refractivity contribution is 6.30. The topological polar surface area (TPSA) is 44.2 Å². The van der Waals surface area contributed by atoms with Crippen molar-refractivity contribution in [3.05, 3.63) is 35.5 Å². The molecule has 0 bridgehead atoms. The summed E-state index contributed by atoms with van der Waals surface area (Å²) in [4.78, 5) is 0. The van der Waals surface area contributed by atoms with E-state index in [0.717, 1.165) is 5.56 Å². The molecular formula is C12H11ClN2O2. The summed E-state index contributed by atoms with van der Waals surface area (Å²) in [6, 6.07) is 7.29. The average Bonchev–Trinajstić information content (AvgIpc) is 2.38. The molecule has 4 nitrogen and oxygen atoms in total. The van der Waals surface area contributed by atoms with Crippen LogP contribution in [-0.2, 0) is 0 Å². The molecule has 2 rings (SSSR count). The van der Waals surface area contributed by atoms with E-state index in [4.69, 9.17) is 21.1 Å². The van der Waals surface area contributed by atoms with Crippen molar-refractivity contribution < 1.29 is 9.47 Å². The minimum atomic E-state index is 0.549. The minimum absolute atomic E-state index is 0.549. The molecule has 88 valence electrons. The quantitative estimate of drug-likeness (QED) is 0.840. The largest absolute Gasteiger partial charge is 0.491 e. The predicted octanol–water partition coefficient (Wildman–Crippen LogP) is 2.81. The zero-order valence-electron chi connectivity index (χ0n) is 9.48. The lowest BCUT2D eigenvalue weighted by molar-refractivity contribution is 0.352. The number of rotatable bonds is 3. The molecule has 0 aliphatic heterocycles. The van der Waals surface area contributed by atoms with E-state index in [9.17, 15) is 0 Å². The Morgan fingerprint density at radius 1 is 1.06 bits per heavy atom. The molecule has 0 amide bonds. The summed E-state index contributed by atoms with van der Waals surface area (Å²) in [5, 5.41) is 8.60. The zero-order valence-corrected chi connectivity index (χ0v) is 10.2. The summed E-state index contributed by atoms with van der Waals surface area (Å²) in [6.07, 6.45) is 1.51. The molecule has 0 atom stereocenters. The Labute approximate surface area is 104 Å². The predicted molar refractivity (Wildman–Crippen MR) is 65.6 cm³/mol. The van der Waals surface area contributed by atoms with Crippen molar-refractivity contribution in [2.45, 2.75) is 0 Å². The van der Waals surface area contributed by atoms with E-state index in [-0.39, 0.29) is 0 Å². The van der Waals surface area contributed by atoms with Crippen molar-refractivity contribution in [3.8, 4) is 22.8 Å². The summed E-state index contributed by atoms with van der Waals surface area (Å²) in [5.41, 5.74) is 1.50. The van der Waals surface area contributed by atoms with Crippen molar-refractivity contribution in [3.63, 3.8) is 0 Å². The fraction of sp³-hybridized carbons (Fsp3) is 0.167. The van der Waals surface area contributed by atoms with Crippen LogP contribution in [0, 0.1) is 0 Å². The lowest BCUT2D eigenvalue weighted by atomic mass is 10.1. The fourth-order valence-corrected chi connectivity index (χ4v) is 1.63. The van der Waals surface area contributed by atoms with E-state index >= 15 is 0 Å². The number of benzene rings is 1. The zero-order chi connectivity index (χ0) is 12.3. The van der Waals surface area contributed by atoms with E-state index in [2.05, 4.69) is 10.2 Å². The minimum Gasteiger partial charge on any atom is -0.491 e. The van der Waals surface area contributed by atoms with Gasteiger partial charge in [0.15, 0.2) is 11.5 Å². The van der Waals surface area contributed by atoms with Gasteiger partial charge in [0.25, 0.3) is 0 Å². The van der Waals surface area contributed by atoms with Gasteiger partial charge < -0.3 is 9.47 Å². The van der Waals surface area contributed by atoms with Crippen molar-refractivity contribution in [1.29, 1.82) is 0 Å². The number of ether oxygens (including phenoxy) is 2. The normalized spacial score (nSPS) is 10.1. The Hall–Kier alpha value is -1.81. The SMILES string of the molecule is COc1cnnc(-c2ccc(Cl)cc2)c1OC. The lowest BCUT2D eigenvalue weighted by Crippen LogP contribution is -1.97. The first-order chi connectivity index (χ1) is 8.26. The van der Waals surface area contributed by atoms with Crippen LogP contribution >= 0.6 is 11.6 Å². The smallest absolute Gasteiger partial charge is 0.190 e. The Morgan fingerprint density at radius 2 is 1.76 bits per heavy atom. The Bertz CT molecular complexity index is 514. The second-order valence-electron chi connectivity index (χ2n) is 3.30. The monoisotopic (exact) mass is 250 g/mol. The Morgan fingerprint density at radius 3 is 2.35 bits per heavy atom. The second-order valence-corrected chi connectivity index (χ2v) is 3.74. The van der Waals surface area contributed by atoms with Crippen molar-refractivity contribution in [2.24, 2.45) is 0 Å². The molecule has 0 unspecified atom stereocenters. The summed E-state index contributed by atoms with van der Waals surface area (Å²) >= 11 is 5.84. The molecule has 1 heterocycles. The Kier molecular flexibility index (Phi) is 3.44. The van der Waals surface area contributed by atoms with Crippen LogP contribution in [0.4, 0.5) is 0 Å². The number of hydrogen-bond acceptors (Lipinski definition) is 4. The van der Waals surface area contributed by atoms with Gasteiger partial charge in [-0.15, -0.1) is 5.10 Å². The van der Waals surface area contributed by atoms with Crippen molar-refractivity contribution >= 4 is 11.6 Å². The second kappa shape index (κ2) is 5.01. The molecule has 0 aliphatic rings. The molecule has 1 aromatic carbocycles. The van der Waals surface area contributed by atoms with Crippen LogP contribution in [0.25, 0.3) is 11.3 Å². The van der Waals surface area contributed by atoms with Gasteiger partial charge in [0.05, 0.1) is 20.4 Å². The highest BCUT2D eigenvalue weighted by atomic mass is 35.5. The number of nitrogens with zero attached hydrogens (tertiary/aromatic N) is 2. The van der Waals surface area contributed by atoms with E-state index in [1.807, 2.05) is 12.1 Å². The molecule has 1 aromatic heterocycles. The Balaban J connectivity index is 2.54. The third kappa shape index (κ3) is 2.31. The van der Waals surface area contributed by atoms with Gasteiger partial charge in [0.2, 0.25) is 0 Å². The molecule has 17 heavy (non-hydrogen) atoms. The fourth-order valence-electron chi connectivity index (χ4n) is 1.50. The summed E-state index contributed by atoms with van der Waals surface area (Å²) in [7, 11) is 3.13. The molecule has 0 fully saturated rings. The van der Waals surface area contributed by atoms with Crippen LogP contribution in [0.5, 0.6) is 11.5 Å². The highest BCUT2D eigenvalue weighted by Crippen LogP contribution is 2.35. The van der Waals surface area contributed by atoms with E-state index < -0.39 is 0 Å². The first-order valence-electron chi connectivity index (χ1n) is 4.96. The molecule has 2 aromatic rings. The molecule has 0 N–H and O–H groups in total. The van der Waals surface area contributed by atoms with Crippen molar-refractivity contribution in [1.82, 2.24) is 10.2 Å². The summed E-state index contributed by atoms with van der Waals surface area (Å²) < 4.78 is 10.5. The maximum Gasteiger partial charge on any atom is 0.190 e. The molecule has 5 heteroatoms. The number of halogens is 1. The maximum atomic E-state index is 5.84. The van der Waals surface area contributed by atoms with Crippen LogP contribution in [0.1, 0.15) is 0 Å². The lowest BCUT2D eigenvalue weighted by Gasteiger charge is -2.10. The third-order valence-corrected chi connectivity index (χ3v) is 2.57. The van der Waals surface area contributed by atoms with Gasteiger partial charge in [-0.05, 0) is 12.1 Å². The van der Waals surface area contributed by atoms with Crippen LogP contribution in [0.2, 0.25) is 5.02 Å². The average molecular weight is 251 g/mol. The molecule has 0 spiro atoms. The number of hydrogen-bond donors (Lipinski definition) is 0. The molecule has 0 saturated carbocycles. The number of methoxy groups -OCH3 is 2. The van der Waals surface area contributed by atoms with Crippen LogP contribution in [-0.4, -0.2) is 24.4 Å². The van der Waals surface area contributed by atoms with E-state index in [1.165, 1.54) is 6.20 Å². The van der Waals surface area contributed by atoms with Crippen LogP contribution < -0.4 is 9.47 Å². The van der Waals surface area contributed by atoms with Gasteiger partial charge >= 0.3 is 0 Å². The molecule has 0 aliphatic carbocycles. The third-order valence-electron chi connectivity index (χ3n) is 2.31. The van der Waals surface area contributed by atoms with Gasteiger partial charge in [0.1, 0.15) is 5.69 Å². The van der Waals surface area contributed by atoms with Gasteiger partial charge in [-0.2, -0.15) is 5.10 Å². The summed E-state index contributed by atoms with van der Waals surface area (Å²) in [5.74, 6) is 1.11. The van der Waals surface area contributed by atoms with Crippen LogP contribution in [0.15, 0.2) is 30.5 Å². The van der Waals surface area contributed by atoms with Crippen LogP contribution in [0.3, 0.4) is 0 Å². The summed E-state index contributed by atoms with van der Waals surface area (Å²) in [6.45, 7) is 0. The van der Waals surface area contributed by atoms with Gasteiger partial charge in [-0.3, -0.25) is 0 Å². The highest BCUT2D eigenvalue weighted by Gasteiger charge is 2.13. The molecule has 0 saturated heterocycles. The van der Waals surface area contributed by atoms with Crippen molar-refractivity contribution in [2.75, 3.05) is 14.2 Å².